The molecule has 2 unspecified atom stereocenters. The van der Waals surface area contributed by atoms with Crippen molar-refractivity contribution in [3.63, 3.8) is 0 Å². The van der Waals surface area contributed by atoms with Gasteiger partial charge in [-0.25, -0.2) is 0 Å². The van der Waals surface area contributed by atoms with Crippen molar-refractivity contribution in [3.8, 4) is 0 Å². The Morgan fingerprint density at radius 1 is 0.548 bits per heavy atom. The minimum atomic E-state index is -2.54. The van der Waals surface area contributed by atoms with Crippen LogP contribution in [0.4, 0.5) is 0 Å². The number of hydrogen-bond acceptors (Lipinski definition) is 8. The summed E-state index contributed by atoms with van der Waals surface area (Å²) in [5.74, 6) is 0. The first-order valence-electron chi connectivity index (χ1n) is 13.3. The third-order valence-electron chi connectivity index (χ3n) is 6.64. The van der Waals surface area contributed by atoms with E-state index < -0.39 is 11.4 Å². The van der Waals surface area contributed by atoms with Crippen LogP contribution in [-0.4, -0.2) is 26.4 Å². The monoisotopic (exact) mass is 682 g/mol. The maximum Gasteiger partial charge on any atom is 0.248 e. The lowest BCUT2D eigenvalue weighted by atomic mass is 9.97. The molecule has 2 saturated heterocycles. The minimum absolute atomic E-state index is 0. The van der Waals surface area contributed by atoms with Gasteiger partial charge in [-0.05, 0) is 45.9 Å². The van der Waals surface area contributed by atoms with E-state index in [2.05, 4.69) is 100 Å². The van der Waals surface area contributed by atoms with Crippen LogP contribution >= 0.6 is 34.2 Å². The molecule has 0 N–H and O–H groups in total. The van der Waals surface area contributed by atoms with Gasteiger partial charge in [-0.2, -0.15) is 0 Å². The van der Waals surface area contributed by atoms with Gasteiger partial charge < -0.3 is 18.1 Å². The number of rotatable bonds is 8. The van der Waals surface area contributed by atoms with Crippen molar-refractivity contribution in [1.29, 1.82) is 0 Å². The zero-order valence-corrected chi connectivity index (χ0v) is 28.3. The van der Waals surface area contributed by atoms with Gasteiger partial charge in [-0.1, -0.05) is 150 Å². The molecule has 10 heteroatoms. The summed E-state index contributed by atoms with van der Waals surface area (Å²) in [6.07, 6.45) is 0. The molecule has 3 aromatic carbocycles. The molecule has 2 atom stereocenters. The molecule has 230 valence electrons. The summed E-state index contributed by atoms with van der Waals surface area (Å²) >= 11 is 15.3. The Bertz CT molecular complexity index is 1270. The second kappa shape index (κ2) is 14.7. The van der Waals surface area contributed by atoms with E-state index in [0.717, 1.165) is 11.1 Å². The fourth-order valence-corrected chi connectivity index (χ4v) is 14.9. The number of hydrogen-bond donors (Lipinski definition) is 0. The smallest absolute Gasteiger partial charge is 0.248 e. The molecule has 0 aliphatic carbocycles. The van der Waals surface area contributed by atoms with Crippen LogP contribution in [-0.2, 0) is 41.7 Å². The van der Waals surface area contributed by atoms with Crippen molar-refractivity contribution >= 4 is 57.8 Å². The van der Waals surface area contributed by atoms with Crippen molar-refractivity contribution in [2.75, 3.05) is 26.4 Å². The molecule has 0 amide bonds. The van der Waals surface area contributed by atoms with E-state index in [-0.39, 0.29) is 36.2 Å². The summed E-state index contributed by atoms with van der Waals surface area (Å²) in [4.78, 5) is 0. The molecule has 2 fully saturated rings. The summed E-state index contributed by atoms with van der Waals surface area (Å²) in [6, 6.07) is 29.7. The van der Waals surface area contributed by atoms with Gasteiger partial charge in [0.25, 0.3) is 0 Å². The molecule has 3 aromatic rings. The van der Waals surface area contributed by atoms with Crippen molar-refractivity contribution in [3.05, 3.63) is 107 Å². The van der Waals surface area contributed by atoms with Gasteiger partial charge in [-0.15, -0.1) is 0 Å². The van der Waals surface area contributed by atoms with Crippen LogP contribution in [0.1, 0.15) is 75.3 Å². The third kappa shape index (κ3) is 9.26. The van der Waals surface area contributed by atoms with Crippen LogP contribution in [0, 0.1) is 10.8 Å². The maximum atomic E-state index is 6.25. The van der Waals surface area contributed by atoms with Gasteiger partial charge in [0, 0.05) is 10.8 Å². The lowest BCUT2D eigenvalue weighted by Gasteiger charge is -2.38. The van der Waals surface area contributed by atoms with E-state index >= 15 is 0 Å². The van der Waals surface area contributed by atoms with Gasteiger partial charge >= 0.3 is 0 Å². The second-order valence-corrected chi connectivity index (χ2v) is 24.4. The van der Waals surface area contributed by atoms with Crippen LogP contribution in [0.15, 0.2) is 84.9 Å². The van der Waals surface area contributed by atoms with Gasteiger partial charge in [0.05, 0.1) is 36.9 Å². The first-order valence-corrected chi connectivity index (χ1v) is 21.5. The topological polar surface area (TPSA) is 36.9 Å². The summed E-state index contributed by atoms with van der Waals surface area (Å²) in [5.41, 5.74) is -0.497. The third-order valence-corrected chi connectivity index (χ3v) is 17.3. The highest BCUT2D eigenvalue weighted by atomic mass is 32.9. The fraction of sp³-hybridized carbons (Fsp3) is 0.438. The van der Waals surface area contributed by atoms with Crippen LogP contribution in [0.5, 0.6) is 0 Å². The molecule has 42 heavy (non-hydrogen) atoms. The zero-order valence-electron chi connectivity index (χ0n) is 23.2. The molecule has 4 nitrogen and oxygen atoms in total. The normalized spacial score (nSPS) is 21.6. The Morgan fingerprint density at radius 2 is 0.857 bits per heavy atom. The lowest BCUT2D eigenvalue weighted by Crippen LogP contribution is -2.28. The van der Waals surface area contributed by atoms with E-state index in [1.807, 2.05) is 12.1 Å². The summed E-state index contributed by atoms with van der Waals surface area (Å²) in [6.45, 7) is 11.0. The molecule has 0 bridgehead atoms. The first-order chi connectivity index (χ1) is 19.0. The lowest BCUT2D eigenvalue weighted by molar-refractivity contribution is 0.0671. The standard InChI is InChI=1S/C30H36O4P2S4.2CH4/c1-29(2)19-31-35(37,32-20-29)39-27(23-12-7-5-8-13-23)25-16-11-17-26(18-25)28(24-14-9-6-10-15-24)40-36(38)33-21-30(3,4)22-34-36;;/h5-18,27-28H,19-22H2,1-4H3;2*1H4. The Kier molecular flexibility index (Phi) is 12.6. The highest BCUT2D eigenvalue weighted by Gasteiger charge is 2.38. The predicted molar refractivity (Wildman–Crippen MR) is 192 cm³/mol. The van der Waals surface area contributed by atoms with Crippen LogP contribution in [0.25, 0.3) is 0 Å². The first kappa shape index (κ1) is 36.0. The molecule has 0 aromatic heterocycles. The molecule has 5 rings (SSSR count). The van der Waals surface area contributed by atoms with Gasteiger partial charge in [-0.3, -0.25) is 0 Å². The molecule has 0 radical (unpaired) electrons. The van der Waals surface area contributed by atoms with Crippen LogP contribution in [0.3, 0.4) is 0 Å². The van der Waals surface area contributed by atoms with Crippen LogP contribution < -0.4 is 0 Å². The molecule has 2 aliphatic heterocycles. The predicted octanol–water partition coefficient (Wildman–Crippen LogP) is 11.2. The largest absolute Gasteiger partial charge is 0.321 e. The fourth-order valence-electron chi connectivity index (χ4n) is 4.32. The molecule has 0 spiro atoms. The highest BCUT2D eigenvalue weighted by Crippen LogP contribution is 2.71. The Balaban J connectivity index is 0.00000242. The van der Waals surface area contributed by atoms with Gasteiger partial charge in [0.15, 0.2) is 0 Å². The molecule has 0 saturated carbocycles. The van der Waals surface area contributed by atoms with E-state index in [1.165, 1.54) is 11.1 Å². The molecule has 2 aliphatic rings. The Labute approximate surface area is 271 Å². The maximum absolute atomic E-state index is 6.25. The zero-order chi connectivity index (χ0) is 28.4. The van der Waals surface area contributed by atoms with Crippen molar-refractivity contribution in [2.24, 2.45) is 10.8 Å². The van der Waals surface area contributed by atoms with E-state index in [0.29, 0.717) is 26.4 Å². The van der Waals surface area contributed by atoms with Crippen molar-refractivity contribution < 1.29 is 18.1 Å². The molecule has 2 heterocycles. The van der Waals surface area contributed by atoms with Crippen LogP contribution in [0.2, 0.25) is 0 Å². The number of benzene rings is 3. The van der Waals surface area contributed by atoms with Crippen molar-refractivity contribution in [2.45, 2.75) is 53.0 Å². The molecular formula is C32H44O4P2S4. The quantitative estimate of drug-likeness (QED) is 0.217. The van der Waals surface area contributed by atoms with Gasteiger partial charge in [0.2, 0.25) is 11.4 Å². The van der Waals surface area contributed by atoms with Crippen molar-refractivity contribution in [1.82, 2.24) is 0 Å². The van der Waals surface area contributed by atoms with Gasteiger partial charge in [0.1, 0.15) is 0 Å². The Hall–Kier alpha value is -0.500. The van der Waals surface area contributed by atoms with E-state index in [9.17, 15) is 0 Å². The summed E-state index contributed by atoms with van der Waals surface area (Å²) < 4.78 is 25.0. The summed E-state index contributed by atoms with van der Waals surface area (Å²) in [7, 11) is 0. The Morgan fingerprint density at radius 3 is 1.19 bits per heavy atom. The van der Waals surface area contributed by atoms with E-state index in [4.69, 9.17) is 41.7 Å². The van der Waals surface area contributed by atoms with E-state index in [1.54, 1.807) is 22.8 Å². The summed E-state index contributed by atoms with van der Waals surface area (Å²) in [5, 5.41) is -0.0743. The molecular weight excluding hydrogens is 639 g/mol. The highest BCUT2D eigenvalue weighted by molar-refractivity contribution is 8.68. The average molecular weight is 683 g/mol. The average Bonchev–Trinajstić information content (AvgIpc) is 2.95. The second-order valence-electron chi connectivity index (χ2n) is 11.8. The minimum Gasteiger partial charge on any atom is -0.321 e. The SMILES string of the molecule is C.C.CC1(C)COP(=S)(SC(c2ccccc2)c2cccc(C(SP3(=S)OCC(C)(C)CO3)c3ccccc3)c2)OC1.